The molecule has 0 radical (unpaired) electrons. The van der Waals surface area contributed by atoms with Crippen molar-refractivity contribution < 1.29 is 9.32 Å². The zero-order chi connectivity index (χ0) is 15.5. The monoisotopic (exact) mass is 319 g/mol. The lowest BCUT2D eigenvalue weighted by Crippen LogP contribution is -2.17. The lowest BCUT2D eigenvalue weighted by molar-refractivity contribution is -0.113. The number of anilines is 1. The molecule has 7 nitrogen and oxygen atoms in total. The number of nitrogens with zero attached hydrogens (tertiary/aromatic N) is 4. The SMILES string of the molecule is C=CCSCC(=O)Nc1c(-c2nc(C3CC3)no2)cnn1C. The molecule has 1 amide bonds. The minimum Gasteiger partial charge on any atom is -0.334 e. The van der Waals surface area contributed by atoms with Crippen LogP contribution in [0.5, 0.6) is 0 Å². The van der Waals surface area contributed by atoms with Gasteiger partial charge in [0.05, 0.1) is 11.9 Å². The molecule has 1 saturated carbocycles. The second-order valence-electron chi connectivity index (χ2n) is 5.11. The Labute approximate surface area is 132 Å². The van der Waals surface area contributed by atoms with Gasteiger partial charge in [-0.1, -0.05) is 11.2 Å². The zero-order valence-electron chi connectivity index (χ0n) is 12.3. The van der Waals surface area contributed by atoms with Gasteiger partial charge in [-0.05, 0) is 12.8 Å². The minimum absolute atomic E-state index is 0.0985. The Bertz CT molecular complexity index is 689. The highest BCUT2D eigenvalue weighted by Crippen LogP contribution is 2.39. The molecule has 2 aromatic rings. The minimum atomic E-state index is -0.0985. The van der Waals surface area contributed by atoms with Gasteiger partial charge in [0.15, 0.2) is 5.82 Å². The molecule has 0 spiro atoms. The molecule has 0 saturated heterocycles. The first-order valence-corrected chi connectivity index (χ1v) is 8.19. The average Bonchev–Trinajstić information content (AvgIpc) is 3.14. The van der Waals surface area contributed by atoms with Gasteiger partial charge in [-0.2, -0.15) is 10.1 Å². The molecule has 8 heteroatoms. The smallest absolute Gasteiger partial charge is 0.263 e. The number of aromatic nitrogens is 4. The molecule has 0 unspecified atom stereocenters. The van der Waals surface area contributed by atoms with Crippen LogP contribution < -0.4 is 5.32 Å². The number of amides is 1. The Hall–Kier alpha value is -2.09. The first kappa shape index (κ1) is 14.8. The third-order valence-electron chi connectivity index (χ3n) is 3.28. The van der Waals surface area contributed by atoms with Crippen LogP contribution in [0.2, 0.25) is 0 Å². The van der Waals surface area contributed by atoms with Crippen molar-refractivity contribution in [3.05, 3.63) is 24.7 Å². The van der Waals surface area contributed by atoms with Crippen molar-refractivity contribution in [3.8, 4) is 11.5 Å². The summed E-state index contributed by atoms with van der Waals surface area (Å²) in [6.07, 6.45) is 5.61. The predicted molar refractivity (Wildman–Crippen MR) is 84.6 cm³/mol. The highest BCUT2D eigenvalue weighted by Gasteiger charge is 2.29. The summed E-state index contributed by atoms with van der Waals surface area (Å²) in [5, 5.41) is 11.0. The van der Waals surface area contributed by atoms with E-state index >= 15 is 0 Å². The first-order valence-electron chi connectivity index (χ1n) is 7.03. The van der Waals surface area contributed by atoms with Gasteiger partial charge in [-0.25, -0.2) is 0 Å². The summed E-state index contributed by atoms with van der Waals surface area (Å²) in [4.78, 5) is 16.4. The van der Waals surface area contributed by atoms with Gasteiger partial charge in [-0.15, -0.1) is 18.3 Å². The summed E-state index contributed by atoms with van der Waals surface area (Å²) in [6.45, 7) is 3.63. The van der Waals surface area contributed by atoms with Crippen molar-refractivity contribution in [1.29, 1.82) is 0 Å². The summed E-state index contributed by atoms with van der Waals surface area (Å²) < 4.78 is 6.89. The van der Waals surface area contributed by atoms with Crippen LogP contribution in [0.1, 0.15) is 24.6 Å². The standard InChI is InChI=1S/C14H17N5O2S/c1-3-6-22-8-11(20)16-13-10(7-15-19(13)2)14-17-12(18-21-14)9-4-5-9/h3,7,9H,1,4-6,8H2,2H3,(H,16,20). The number of hydrogen-bond acceptors (Lipinski definition) is 6. The fourth-order valence-corrected chi connectivity index (χ4v) is 2.54. The van der Waals surface area contributed by atoms with Crippen molar-refractivity contribution in [2.24, 2.45) is 7.05 Å². The van der Waals surface area contributed by atoms with Crippen molar-refractivity contribution in [1.82, 2.24) is 19.9 Å². The number of aryl methyl sites for hydroxylation is 1. The van der Waals surface area contributed by atoms with Crippen LogP contribution >= 0.6 is 11.8 Å². The van der Waals surface area contributed by atoms with E-state index in [9.17, 15) is 4.79 Å². The second kappa shape index (κ2) is 6.35. The summed E-state index contributed by atoms with van der Waals surface area (Å²) in [6, 6.07) is 0. The highest BCUT2D eigenvalue weighted by molar-refractivity contribution is 8.00. The number of carbonyl (C=O) groups excluding carboxylic acids is 1. The van der Waals surface area contributed by atoms with E-state index in [1.807, 2.05) is 0 Å². The Morgan fingerprint density at radius 1 is 1.64 bits per heavy atom. The molecule has 0 aromatic carbocycles. The van der Waals surface area contributed by atoms with Crippen LogP contribution in [0.4, 0.5) is 5.82 Å². The number of carbonyl (C=O) groups is 1. The first-order chi connectivity index (χ1) is 10.7. The molecule has 2 aromatic heterocycles. The van der Waals surface area contributed by atoms with Crippen LogP contribution in [0.25, 0.3) is 11.5 Å². The third-order valence-corrected chi connectivity index (χ3v) is 4.22. The van der Waals surface area contributed by atoms with E-state index in [0.29, 0.717) is 28.9 Å². The Morgan fingerprint density at radius 2 is 2.45 bits per heavy atom. The fraction of sp³-hybridized carbons (Fsp3) is 0.429. The molecule has 0 atom stereocenters. The highest BCUT2D eigenvalue weighted by atomic mass is 32.2. The van der Waals surface area contributed by atoms with Crippen molar-refractivity contribution in [2.45, 2.75) is 18.8 Å². The Kier molecular flexibility index (Phi) is 4.28. The topological polar surface area (TPSA) is 85.8 Å². The van der Waals surface area contributed by atoms with Gasteiger partial charge in [0, 0.05) is 18.7 Å². The summed E-state index contributed by atoms with van der Waals surface area (Å²) in [7, 11) is 1.76. The van der Waals surface area contributed by atoms with Crippen molar-refractivity contribution in [3.63, 3.8) is 0 Å². The number of nitrogens with one attached hydrogen (secondary N) is 1. The van der Waals surface area contributed by atoms with Crippen molar-refractivity contribution >= 4 is 23.5 Å². The maximum absolute atomic E-state index is 12.0. The van der Waals surface area contributed by atoms with E-state index in [4.69, 9.17) is 4.52 Å². The lowest BCUT2D eigenvalue weighted by atomic mass is 10.3. The molecule has 1 aliphatic carbocycles. The normalized spacial score (nSPS) is 14.0. The Morgan fingerprint density at radius 3 is 3.18 bits per heavy atom. The van der Waals surface area contributed by atoms with Gasteiger partial charge in [0.1, 0.15) is 11.4 Å². The van der Waals surface area contributed by atoms with Crippen LogP contribution in [0, 0.1) is 0 Å². The molecule has 22 heavy (non-hydrogen) atoms. The molecule has 1 aliphatic rings. The summed E-state index contributed by atoms with van der Waals surface area (Å²) in [5.41, 5.74) is 0.643. The molecule has 1 fully saturated rings. The number of thioether (sulfide) groups is 1. The molecule has 0 aliphatic heterocycles. The predicted octanol–water partition coefficient (Wildman–Crippen LogP) is 2.21. The molecular formula is C14H17N5O2S. The molecule has 1 N–H and O–H groups in total. The number of rotatable bonds is 7. The second-order valence-corrected chi connectivity index (χ2v) is 6.14. The molecule has 0 bridgehead atoms. The van der Waals surface area contributed by atoms with E-state index in [2.05, 4.69) is 27.1 Å². The van der Waals surface area contributed by atoms with Crippen LogP contribution in [-0.4, -0.2) is 37.3 Å². The fourth-order valence-electron chi connectivity index (χ4n) is 2.00. The van der Waals surface area contributed by atoms with Gasteiger partial charge >= 0.3 is 0 Å². The lowest BCUT2D eigenvalue weighted by Gasteiger charge is -2.06. The Balaban J connectivity index is 1.74. The van der Waals surface area contributed by atoms with Crippen LogP contribution in [-0.2, 0) is 11.8 Å². The number of hydrogen-bond donors (Lipinski definition) is 1. The largest absolute Gasteiger partial charge is 0.334 e. The van der Waals surface area contributed by atoms with Gasteiger partial charge in [-0.3, -0.25) is 9.48 Å². The van der Waals surface area contributed by atoms with E-state index in [0.717, 1.165) is 24.4 Å². The van der Waals surface area contributed by atoms with E-state index < -0.39 is 0 Å². The maximum atomic E-state index is 12.0. The van der Waals surface area contributed by atoms with Crippen molar-refractivity contribution in [2.75, 3.05) is 16.8 Å². The molecule has 3 rings (SSSR count). The quantitative estimate of drug-likeness (QED) is 0.622. The van der Waals surface area contributed by atoms with Gasteiger partial charge in [0.25, 0.3) is 5.89 Å². The zero-order valence-corrected chi connectivity index (χ0v) is 13.1. The maximum Gasteiger partial charge on any atom is 0.263 e. The van der Waals surface area contributed by atoms with Gasteiger partial charge in [0.2, 0.25) is 5.91 Å². The average molecular weight is 319 g/mol. The van der Waals surface area contributed by atoms with E-state index in [1.165, 1.54) is 11.8 Å². The van der Waals surface area contributed by atoms with E-state index in [-0.39, 0.29) is 5.91 Å². The van der Waals surface area contributed by atoms with Crippen LogP contribution in [0.15, 0.2) is 23.4 Å². The molecule has 116 valence electrons. The van der Waals surface area contributed by atoms with E-state index in [1.54, 1.807) is 24.0 Å². The molecule has 2 heterocycles. The van der Waals surface area contributed by atoms with Gasteiger partial charge < -0.3 is 9.84 Å². The summed E-state index contributed by atoms with van der Waals surface area (Å²) in [5.74, 6) is 3.10. The summed E-state index contributed by atoms with van der Waals surface area (Å²) >= 11 is 1.50. The third kappa shape index (κ3) is 3.22. The van der Waals surface area contributed by atoms with Crippen LogP contribution in [0.3, 0.4) is 0 Å². The molecular weight excluding hydrogens is 302 g/mol.